The van der Waals surface area contributed by atoms with Crippen molar-refractivity contribution in [1.29, 1.82) is 0 Å². The average Bonchev–Trinajstić information content (AvgIpc) is 3.18. The van der Waals surface area contributed by atoms with Gasteiger partial charge in [-0.1, -0.05) is 29.8 Å². The number of aryl methyl sites for hydroxylation is 1. The minimum Gasteiger partial charge on any atom is -0.468 e. The molecule has 1 heterocycles. The molecule has 3 aromatic rings. The van der Waals surface area contributed by atoms with Gasteiger partial charge in [0.05, 0.1) is 23.3 Å². The second kappa shape index (κ2) is 8.20. The van der Waals surface area contributed by atoms with E-state index in [9.17, 15) is 13.2 Å². The highest BCUT2D eigenvalue weighted by atomic mass is 32.2. The lowest BCUT2D eigenvalue weighted by molar-refractivity contribution is 0.0472. The lowest BCUT2D eigenvalue weighted by Gasteiger charge is -2.08. The second-order valence-electron chi connectivity index (χ2n) is 5.99. The first kappa shape index (κ1) is 18.9. The molecule has 0 saturated heterocycles. The number of hydrogen-bond acceptors (Lipinski definition) is 5. The van der Waals surface area contributed by atoms with Gasteiger partial charge in [-0.2, -0.15) is 0 Å². The number of nitrogens with one attached hydrogen (secondary N) is 1. The number of esters is 1. The largest absolute Gasteiger partial charge is 0.468 e. The van der Waals surface area contributed by atoms with Crippen LogP contribution in [0, 0.1) is 6.92 Å². The average molecular weight is 385 g/mol. The summed E-state index contributed by atoms with van der Waals surface area (Å²) in [7, 11) is -3.70. The van der Waals surface area contributed by atoms with E-state index in [4.69, 9.17) is 9.15 Å². The van der Waals surface area contributed by atoms with E-state index >= 15 is 0 Å². The van der Waals surface area contributed by atoms with Gasteiger partial charge in [-0.15, -0.1) is 0 Å². The Kier molecular flexibility index (Phi) is 5.73. The van der Waals surface area contributed by atoms with Crippen molar-refractivity contribution in [2.45, 2.75) is 25.0 Å². The fourth-order valence-electron chi connectivity index (χ4n) is 2.47. The summed E-state index contributed by atoms with van der Waals surface area (Å²) >= 11 is 0. The van der Waals surface area contributed by atoms with Gasteiger partial charge in [0.15, 0.2) is 0 Å². The number of carbonyl (C=O) groups excluding carboxylic acids is 1. The van der Waals surface area contributed by atoms with Crippen molar-refractivity contribution in [3.05, 3.63) is 89.4 Å². The summed E-state index contributed by atoms with van der Waals surface area (Å²) < 4.78 is 37.4. The Hall–Kier alpha value is -2.90. The van der Waals surface area contributed by atoms with Crippen LogP contribution in [0.1, 0.15) is 27.2 Å². The smallest absolute Gasteiger partial charge is 0.338 e. The quantitative estimate of drug-likeness (QED) is 0.630. The van der Waals surface area contributed by atoms with Gasteiger partial charge in [0.25, 0.3) is 0 Å². The normalized spacial score (nSPS) is 11.3. The zero-order chi connectivity index (χ0) is 19.3. The van der Waals surface area contributed by atoms with Crippen molar-refractivity contribution in [2.75, 3.05) is 0 Å². The third-order valence-electron chi connectivity index (χ3n) is 3.87. The summed E-state index contributed by atoms with van der Waals surface area (Å²) in [4.78, 5) is 12.2. The van der Waals surface area contributed by atoms with E-state index in [-0.39, 0.29) is 23.6 Å². The fourth-order valence-corrected chi connectivity index (χ4v) is 3.46. The lowest BCUT2D eigenvalue weighted by atomic mass is 10.1. The fraction of sp³-hybridized carbons (Fsp3) is 0.150. The Morgan fingerprint density at radius 2 is 1.85 bits per heavy atom. The summed E-state index contributed by atoms with van der Waals surface area (Å²) in [5.74, 6) is -0.001000. The molecule has 0 spiro atoms. The molecule has 3 rings (SSSR count). The molecule has 6 nitrogen and oxygen atoms in total. The first-order valence-electron chi connectivity index (χ1n) is 8.29. The first-order chi connectivity index (χ1) is 12.9. The van der Waals surface area contributed by atoms with Crippen LogP contribution < -0.4 is 4.72 Å². The Morgan fingerprint density at radius 3 is 2.52 bits per heavy atom. The molecule has 1 aromatic heterocycles. The van der Waals surface area contributed by atoms with Crippen molar-refractivity contribution in [2.24, 2.45) is 0 Å². The first-order valence-corrected chi connectivity index (χ1v) is 9.77. The summed E-state index contributed by atoms with van der Waals surface area (Å²) in [6.45, 7) is 2.17. The molecule has 0 unspecified atom stereocenters. The van der Waals surface area contributed by atoms with Crippen LogP contribution in [-0.4, -0.2) is 14.4 Å². The lowest BCUT2D eigenvalue weighted by Crippen LogP contribution is -2.23. The number of benzene rings is 2. The predicted octanol–water partition coefficient (Wildman–Crippen LogP) is 3.42. The van der Waals surface area contributed by atoms with E-state index in [1.165, 1.54) is 30.5 Å². The molecular formula is C20H19NO5S. The monoisotopic (exact) mass is 385 g/mol. The number of ether oxygens (including phenoxy) is 1. The van der Waals surface area contributed by atoms with Gasteiger partial charge in [0.2, 0.25) is 10.0 Å². The maximum Gasteiger partial charge on any atom is 0.338 e. The van der Waals surface area contributed by atoms with Crippen molar-refractivity contribution >= 4 is 16.0 Å². The molecule has 140 valence electrons. The van der Waals surface area contributed by atoms with Crippen molar-refractivity contribution in [3.63, 3.8) is 0 Å². The van der Waals surface area contributed by atoms with Crippen LogP contribution in [0.25, 0.3) is 0 Å². The van der Waals surface area contributed by atoms with E-state index in [2.05, 4.69) is 4.72 Å². The van der Waals surface area contributed by atoms with Crippen LogP contribution in [-0.2, 0) is 27.9 Å². The summed E-state index contributed by atoms with van der Waals surface area (Å²) in [6.07, 6.45) is 1.47. The van der Waals surface area contributed by atoms with Crippen LogP contribution in [0.4, 0.5) is 0 Å². The van der Waals surface area contributed by atoms with E-state index in [0.717, 1.165) is 11.1 Å². The molecule has 0 fully saturated rings. The van der Waals surface area contributed by atoms with Crippen molar-refractivity contribution in [3.8, 4) is 0 Å². The topological polar surface area (TPSA) is 85.6 Å². The molecule has 7 heteroatoms. The zero-order valence-corrected chi connectivity index (χ0v) is 15.5. The third kappa shape index (κ3) is 5.06. The van der Waals surface area contributed by atoms with E-state index in [1.807, 2.05) is 31.2 Å². The molecule has 0 aliphatic carbocycles. The Morgan fingerprint density at radius 1 is 1.07 bits per heavy atom. The highest BCUT2D eigenvalue weighted by molar-refractivity contribution is 7.89. The Balaban J connectivity index is 1.61. The molecular weight excluding hydrogens is 366 g/mol. The molecule has 0 radical (unpaired) electrons. The van der Waals surface area contributed by atoms with E-state index in [1.54, 1.807) is 12.1 Å². The number of carbonyl (C=O) groups is 1. The van der Waals surface area contributed by atoms with Gasteiger partial charge >= 0.3 is 5.97 Å². The number of hydrogen-bond donors (Lipinski definition) is 1. The number of sulfonamides is 1. The van der Waals surface area contributed by atoms with Gasteiger partial charge in [0, 0.05) is 0 Å². The molecule has 0 atom stereocenters. The van der Waals surface area contributed by atoms with Crippen LogP contribution in [0.15, 0.2) is 76.2 Å². The SMILES string of the molecule is Cc1cccc(COC(=O)c2ccc(S(=O)(=O)NCc3ccco3)cc2)c1. The van der Waals surface area contributed by atoms with Crippen LogP contribution >= 0.6 is 0 Å². The molecule has 0 saturated carbocycles. The maximum absolute atomic E-state index is 12.3. The molecule has 0 aliphatic rings. The van der Waals surface area contributed by atoms with Gasteiger partial charge in [-0.25, -0.2) is 17.9 Å². The second-order valence-corrected chi connectivity index (χ2v) is 7.76. The molecule has 2 aromatic carbocycles. The Labute approximate surface area is 157 Å². The van der Waals surface area contributed by atoms with E-state index < -0.39 is 16.0 Å². The summed E-state index contributed by atoms with van der Waals surface area (Å²) in [5.41, 5.74) is 2.26. The standard InChI is InChI=1S/C20H19NO5S/c1-15-4-2-5-16(12-15)14-26-20(22)17-7-9-19(10-8-17)27(23,24)21-13-18-6-3-11-25-18/h2-12,21H,13-14H2,1H3. The van der Waals surface area contributed by atoms with Gasteiger partial charge in [0.1, 0.15) is 12.4 Å². The molecule has 0 aliphatic heterocycles. The molecule has 0 bridgehead atoms. The van der Waals surface area contributed by atoms with Crippen LogP contribution in [0.2, 0.25) is 0 Å². The highest BCUT2D eigenvalue weighted by Gasteiger charge is 2.16. The number of furan rings is 1. The van der Waals surface area contributed by atoms with Gasteiger partial charge in [-0.3, -0.25) is 0 Å². The number of rotatable bonds is 7. The van der Waals surface area contributed by atoms with Crippen molar-refractivity contribution in [1.82, 2.24) is 4.72 Å². The van der Waals surface area contributed by atoms with Crippen LogP contribution in [0.3, 0.4) is 0 Å². The molecule has 1 N–H and O–H groups in total. The van der Waals surface area contributed by atoms with Gasteiger partial charge < -0.3 is 9.15 Å². The Bertz CT molecular complexity index is 1010. The molecule has 27 heavy (non-hydrogen) atoms. The summed E-state index contributed by atoms with van der Waals surface area (Å²) in [5, 5.41) is 0. The van der Waals surface area contributed by atoms with Crippen LogP contribution in [0.5, 0.6) is 0 Å². The minimum atomic E-state index is -3.70. The van der Waals surface area contributed by atoms with Gasteiger partial charge in [-0.05, 0) is 48.9 Å². The summed E-state index contributed by atoms with van der Waals surface area (Å²) in [6, 6.07) is 16.6. The predicted molar refractivity (Wildman–Crippen MR) is 99.5 cm³/mol. The zero-order valence-electron chi connectivity index (χ0n) is 14.7. The minimum absolute atomic E-state index is 0.0512. The third-order valence-corrected chi connectivity index (χ3v) is 5.29. The molecule has 0 amide bonds. The maximum atomic E-state index is 12.3. The van der Waals surface area contributed by atoms with E-state index in [0.29, 0.717) is 5.76 Å². The highest BCUT2D eigenvalue weighted by Crippen LogP contribution is 2.13. The van der Waals surface area contributed by atoms with Crippen molar-refractivity contribution < 1.29 is 22.4 Å².